The van der Waals surface area contributed by atoms with Gasteiger partial charge < -0.3 is 31.2 Å². The van der Waals surface area contributed by atoms with Crippen molar-refractivity contribution >= 4 is 23.6 Å². The summed E-state index contributed by atoms with van der Waals surface area (Å²) in [6.45, 7) is 19.2. The molecule has 2 aromatic heterocycles. The number of nitrogens with one attached hydrogen (secondary N) is 6. The lowest BCUT2D eigenvalue weighted by atomic mass is 9.76. The van der Waals surface area contributed by atoms with E-state index in [1.54, 1.807) is 12.1 Å². The van der Waals surface area contributed by atoms with E-state index in [0.29, 0.717) is 24.2 Å². The molecule has 10 heteroatoms. The van der Waals surface area contributed by atoms with Gasteiger partial charge in [0.2, 0.25) is 11.8 Å². The Bertz CT molecular complexity index is 1100. The van der Waals surface area contributed by atoms with E-state index in [1.165, 1.54) is 0 Å². The fourth-order valence-corrected chi connectivity index (χ4v) is 5.03. The third-order valence-electron chi connectivity index (χ3n) is 7.43. The molecule has 2 atom stereocenters. The lowest BCUT2D eigenvalue weighted by molar-refractivity contribution is -0.125. The van der Waals surface area contributed by atoms with Gasteiger partial charge in [0.15, 0.2) is 0 Å². The summed E-state index contributed by atoms with van der Waals surface area (Å²) in [7, 11) is 0. The summed E-state index contributed by atoms with van der Waals surface area (Å²) in [5, 5.41) is 11.5. The normalized spacial score (nSPS) is 13.4. The minimum atomic E-state index is -0.666. The van der Waals surface area contributed by atoms with E-state index in [2.05, 4.69) is 45.1 Å². The zero-order valence-corrected chi connectivity index (χ0v) is 26.3. The van der Waals surface area contributed by atoms with Crippen molar-refractivity contribution in [2.24, 2.45) is 11.8 Å². The second-order valence-electron chi connectivity index (χ2n) is 12.1. The molecule has 228 valence electrons. The molecule has 0 saturated heterocycles. The van der Waals surface area contributed by atoms with E-state index in [9.17, 15) is 19.2 Å². The number of aromatic nitrogens is 2. The lowest BCUT2D eigenvalue weighted by Crippen LogP contribution is -2.51. The lowest BCUT2D eigenvalue weighted by Gasteiger charge is -2.30. The van der Waals surface area contributed by atoms with Crippen molar-refractivity contribution in [2.75, 3.05) is 0 Å². The minimum absolute atomic E-state index is 0.0336. The van der Waals surface area contributed by atoms with Crippen LogP contribution >= 0.6 is 0 Å². The maximum atomic E-state index is 13.2. The number of hydrogen-bond donors (Lipinski definition) is 6. The highest BCUT2D eigenvalue weighted by atomic mass is 16.2. The highest BCUT2D eigenvalue weighted by Gasteiger charge is 2.35. The molecule has 0 aliphatic rings. The Kier molecular flexibility index (Phi) is 11.8. The summed E-state index contributed by atoms with van der Waals surface area (Å²) in [5.41, 5.74) is 1.84. The molecule has 0 aliphatic carbocycles. The Morgan fingerprint density at radius 1 is 0.610 bits per heavy atom. The first-order valence-corrected chi connectivity index (χ1v) is 14.8. The average Bonchev–Trinajstić information content (AvgIpc) is 3.57. The van der Waals surface area contributed by atoms with Crippen molar-refractivity contribution in [2.45, 2.75) is 112 Å². The van der Waals surface area contributed by atoms with Crippen LogP contribution in [0.25, 0.3) is 0 Å². The predicted octanol–water partition coefficient (Wildman–Crippen LogP) is 4.01. The topological polar surface area (TPSA) is 148 Å². The number of carbonyl (C=O) groups is 4. The van der Waals surface area contributed by atoms with Gasteiger partial charge in [-0.05, 0) is 76.6 Å². The van der Waals surface area contributed by atoms with Crippen molar-refractivity contribution in [1.82, 2.24) is 31.2 Å². The van der Waals surface area contributed by atoms with Gasteiger partial charge >= 0.3 is 0 Å². The Hall–Kier alpha value is -3.56. The predicted molar refractivity (Wildman–Crippen MR) is 162 cm³/mol. The van der Waals surface area contributed by atoms with E-state index >= 15 is 0 Å². The van der Waals surface area contributed by atoms with Crippen LogP contribution in [-0.4, -0.2) is 57.8 Å². The second-order valence-corrected chi connectivity index (χ2v) is 12.1. The van der Waals surface area contributed by atoms with E-state index in [0.717, 1.165) is 11.4 Å². The number of amides is 4. The molecule has 2 heterocycles. The zero-order valence-electron chi connectivity index (χ0n) is 26.3. The Balaban J connectivity index is 2.30. The van der Waals surface area contributed by atoms with Gasteiger partial charge in [-0.1, -0.05) is 41.5 Å². The smallest absolute Gasteiger partial charge is 0.268 e. The van der Waals surface area contributed by atoms with Gasteiger partial charge in [-0.2, -0.15) is 0 Å². The number of carbonyl (C=O) groups excluding carboxylic acids is 4. The molecule has 4 amide bonds. The van der Waals surface area contributed by atoms with Crippen LogP contribution in [-0.2, 0) is 15.0 Å². The van der Waals surface area contributed by atoms with E-state index < -0.39 is 17.5 Å². The van der Waals surface area contributed by atoms with Crippen LogP contribution in [0.2, 0.25) is 0 Å². The van der Waals surface area contributed by atoms with Gasteiger partial charge in [-0.15, -0.1) is 0 Å². The van der Waals surface area contributed by atoms with Crippen molar-refractivity contribution < 1.29 is 19.2 Å². The number of aromatic amines is 2. The molecule has 6 N–H and O–H groups in total. The Labute approximate surface area is 244 Å². The minimum Gasteiger partial charge on any atom is -0.354 e. The fraction of sp³-hybridized carbons (Fsp3) is 0.613. The average molecular weight is 571 g/mol. The summed E-state index contributed by atoms with van der Waals surface area (Å²) in [6.07, 6.45) is 1.40. The zero-order chi connectivity index (χ0) is 31.1. The fourth-order valence-electron chi connectivity index (χ4n) is 5.03. The first-order valence-electron chi connectivity index (χ1n) is 14.8. The molecule has 10 nitrogen and oxygen atoms in total. The largest absolute Gasteiger partial charge is 0.354 e. The molecule has 0 fully saturated rings. The SMILES string of the molecule is CCC(CC)(c1ccc(C(=O)N[C@@H](C(=O)NC(C)C)C(C)C)[nH]1)c1ccc(C(=O)N[C@@H](C(=O)NC(C)C)C(C)C)[nH]1. The highest BCUT2D eigenvalue weighted by molar-refractivity contribution is 5.97. The van der Waals surface area contributed by atoms with Gasteiger partial charge in [0, 0.05) is 28.9 Å². The maximum Gasteiger partial charge on any atom is 0.268 e. The van der Waals surface area contributed by atoms with Crippen molar-refractivity contribution in [3.63, 3.8) is 0 Å². The van der Waals surface area contributed by atoms with Crippen molar-refractivity contribution in [3.05, 3.63) is 47.0 Å². The van der Waals surface area contributed by atoms with Crippen LogP contribution in [0.1, 0.15) is 114 Å². The van der Waals surface area contributed by atoms with Gasteiger partial charge in [-0.3, -0.25) is 19.2 Å². The first-order chi connectivity index (χ1) is 19.2. The summed E-state index contributed by atoms with van der Waals surface area (Å²) < 4.78 is 0. The van der Waals surface area contributed by atoms with Crippen LogP contribution < -0.4 is 21.3 Å². The standard InChI is InChI=1S/C31H50N6O4/c1-11-31(12-2,23-15-13-21(34-23)27(38)36-25(17(3)4)29(40)32-19(7)8)24-16-14-22(35-24)28(39)37-26(18(5)6)30(41)33-20(9)10/h13-20,25-26,34-35H,11-12H2,1-10H3,(H,32,40)(H,33,41)(H,36,38)(H,37,39)/t25-,26-/m1/s1. The molecule has 0 radical (unpaired) electrons. The van der Waals surface area contributed by atoms with Gasteiger partial charge in [-0.25, -0.2) is 0 Å². The Morgan fingerprint density at radius 3 is 1.22 bits per heavy atom. The summed E-state index contributed by atoms with van der Waals surface area (Å²) in [5.74, 6) is -1.34. The first kappa shape index (κ1) is 33.6. The summed E-state index contributed by atoms with van der Waals surface area (Å²) >= 11 is 0. The molecule has 0 aliphatic heterocycles. The molecule has 0 saturated carbocycles. The molecule has 2 rings (SSSR count). The molecule has 2 aromatic rings. The maximum absolute atomic E-state index is 13.2. The van der Waals surface area contributed by atoms with E-state index in [4.69, 9.17) is 0 Å². The van der Waals surface area contributed by atoms with Crippen LogP contribution in [0, 0.1) is 11.8 Å². The van der Waals surface area contributed by atoms with Crippen LogP contribution in [0.5, 0.6) is 0 Å². The molecule has 0 unspecified atom stereocenters. The summed E-state index contributed by atoms with van der Waals surface area (Å²) in [4.78, 5) is 58.2. The van der Waals surface area contributed by atoms with Gasteiger partial charge in [0.25, 0.3) is 11.8 Å². The van der Waals surface area contributed by atoms with Crippen molar-refractivity contribution in [3.8, 4) is 0 Å². The van der Waals surface area contributed by atoms with Crippen LogP contribution in [0.4, 0.5) is 0 Å². The van der Waals surface area contributed by atoms with Crippen molar-refractivity contribution in [1.29, 1.82) is 0 Å². The number of hydrogen-bond acceptors (Lipinski definition) is 4. The third kappa shape index (κ3) is 8.24. The van der Waals surface area contributed by atoms with Gasteiger partial charge in [0.1, 0.15) is 23.5 Å². The number of rotatable bonds is 14. The molecular weight excluding hydrogens is 520 g/mol. The molecule has 41 heavy (non-hydrogen) atoms. The second kappa shape index (κ2) is 14.4. The molecule has 0 spiro atoms. The van der Waals surface area contributed by atoms with Gasteiger partial charge in [0.05, 0.1) is 0 Å². The Morgan fingerprint density at radius 2 is 0.951 bits per heavy atom. The molecular formula is C31H50N6O4. The highest BCUT2D eigenvalue weighted by Crippen LogP contribution is 2.37. The van der Waals surface area contributed by atoms with Crippen LogP contribution in [0.15, 0.2) is 24.3 Å². The third-order valence-corrected chi connectivity index (χ3v) is 7.43. The van der Waals surface area contributed by atoms with E-state index in [-0.39, 0.29) is 47.5 Å². The van der Waals surface area contributed by atoms with Crippen LogP contribution in [0.3, 0.4) is 0 Å². The monoisotopic (exact) mass is 570 g/mol. The summed E-state index contributed by atoms with van der Waals surface area (Å²) in [6, 6.07) is 5.81. The quantitative estimate of drug-likeness (QED) is 0.204. The molecule has 0 bridgehead atoms. The molecule has 0 aromatic carbocycles. The van der Waals surface area contributed by atoms with E-state index in [1.807, 2.05) is 67.5 Å². The number of H-pyrrole nitrogens is 2.